The second-order valence-corrected chi connectivity index (χ2v) is 11.2. The van der Waals surface area contributed by atoms with E-state index in [1.165, 1.54) is 6.20 Å². The highest BCUT2D eigenvalue weighted by molar-refractivity contribution is 7.18. The number of rotatable bonds is 4. The number of carbonyl (C=O) groups is 2. The molecular formula is C27H34N6O3S. The van der Waals surface area contributed by atoms with Crippen LogP contribution in [-0.4, -0.2) is 64.9 Å². The monoisotopic (exact) mass is 522 g/mol. The standard InChI is InChI=1S/C27H34N6O3S/c1-4-17-11-19(13-29-24(17)28)30-25(34)27(35)33-14-16(2)5-7-21(33)18-6-8-23-20(12-18)31-26(37-23)22-15-32(3)9-10-36-22/h6,8,11-13,16,21-22H,4-5,7,9-10,14-15H2,1-3H3,(H2,28,29)(H,30,34)/t16-,21+,22?/m0/s1. The van der Waals surface area contributed by atoms with Crippen LogP contribution in [0.1, 0.15) is 55.0 Å². The predicted molar refractivity (Wildman–Crippen MR) is 145 cm³/mol. The van der Waals surface area contributed by atoms with Crippen molar-refractivity contribution in [3.63, 3.8) is 0 Å². The zero-order valence-corrected chi connectivity index (χ0v) is 22.4. The van der Waals surface area contributed by atoms with Crippen LogP contribution in [0.5, 0.6) is 0 Å². The first-order valence-corrected chi connectivity index (χ1v) is 13.7. The fourth-order valence-electron chi connectivity index (χ4n) is 5.15. The molecule has 2 saturated heterocycles. The number of fused-ring (bicyclic) bond motifs is 1. The second-order valence-electron chi connectivity index (χ2n) is 10.1. The third-order valence-electron chi connectivity index (χ3n) is 7.27. The lowest BCUT2D eigenvalue weighted by Gasteiger charge is -2.38. The summed E-state index contributed by atoms with van der Waals surface area (Å²) in [5.41, 5.74) is 9.09. The summed E-state index contributed by atoms with van der Waals surface area (Å²) in [5, 5.41) is 3.70. The third-order valence-corrected chi connectivity index (χ3v) is 8.40. The number of piperidine rings is 1. The van der Waals surface area contributed by atoms with Gasteiger partial charge in [-0.1, -0.05) is 19.9 Å². The highest BCUT2D eigenvalue weighted by atomic mass is 32.1. The number of likely N-dealkylation sites (N-methyl/N-ethyl adjacent to an activating group) is 1. The lowest BCUT2D eigenvalue weighted by atomic mass is 9.89. The molecule has 1 unspecified atom stereocenters. The number of anilines is 2. The summed E-state index contributed by atoms with van der Waals surface area (Å²) in [6.45, 7) is 7.06. The Balaban J connectivity index is 1.36. The number of ether oxygens (including phenoxy) is 1. The Hall–Kier alpha value is -3.08. The van der Waals surface area contributed by atoms with Gasteiger partial charge in [0.15, 0.2) is 0 Å². The lowest BCUT2D eigenvalue weighted by Crippen LogP contribution is -2.46. The van der Waals surface area contributed by atoms with Gasteiger partial charge >= 0.3 is 11.8 Å². The van der Waals surface area contributed by atoms with Gasteiger partial charge in [-0.2, -0.15) is 0 Å². The minimum absolute atomic E-state index is 0.0204. The quantitative estimate of drug-likeness (QED) is 0.501. The van der Waals surface area contributed by atoms with Crippen molar-refractivity contribution in [2.45, 2.75) is 45.3 Å². The van der Waals surface area contributed by atoms with Crippen molar-refractivity contribution < 1.29 is 14.3 Å². The first-order valence-electron chi connectivity index (χ1n) is 12.9. The van der Waals surface area contributed by atoms with Crippen LogP contribution in [0.25, 0.3) is 10.2 Å². The molecule has 2 aliphatic heterocycles. The Kier molecular flexibility index (Phi) is 7.41. The Morgan fingerprint density at radius 3 is 2.86 bits per heavy atom. The van der Waals surface area contributed by atoms with Crippen molar-refractivity contribution >= 4 is 44.9 Å². The summed E-state index contributed by atoms with van der Waals surface area (Å²) in [6.07, 6.45) is 3.93. The minimum atomic E-state index is -0.664. The molecule has 9 nitrogen and oxygen atoms in total. The smallest absolute Gasteiger partial charge is 0.313 e. The van der Waals surface area contributed by atoms with E-state index in [2.05, 4.69) is 47.4 Å². The van der Waals surface area contributed by atoms with Gasteiger partial charge in [0.2, 0.25) is 0 Å². The fraction of sp³-hybridized carbons (Fsp3) is 0.481. The van der Waals surface area contributed by atoms with Gasteiger partial charge in [-0.3, -0.25) is 9.59 Å². The minimum Gasteiger partial charge on any atom is -0.383 e. The highest BCUT2D eigenvalue weighted by Crippen LogP contribution is 2.37. The maximum atomic E-state index is 13.4. The number of morpholine rings is 1. The zero-order valence-electron chi connectivity index (χ0n) is 21.6. The molecule has 2 amide bonds. The van der Waals surface area contributed by atoms with Crippen LogP contribution in [0.15, 0.2) is 30.5 Å². The van der Waals surface area contributed by atoms with Crippen LogP contribution in [0.2, 0.25) is 0 Å². The van der Waals surface area contributed by atoms with E-state index in [4.69, 9.17) is 15.5 Å². The van der Waals surface area contributed by atoms with E-state index in [-0.39, 0.29) is 12.1 Å². The number of amides is 2. The average molecular weight is 523 g/mol. The molecule has 37 heavy (non-hydrogen) atoms. The Bertz CT molecular complexity index is 1310. The predicted octanol–water partition coefficient (Wildman–Crippen LogP) is 3.78. The van der Waals surface area contributed by atoms with Crippen LogP contribution in [0.4, 0.5) is 11.5 Å². The average Bonchev–Trinajstić information content (AvgIpc) is 3.33. The summed E-state index contributed by atoms with van der Waals surface area (Å²) in [5.74, 6) is -0.459. The number of hydrogen-bond donors (Lipinski definition) is 2. The largest absolute Gasteiger partial charge is 0.383 e. The van der Waals surface area contributed by atoms with Gasteiger partial charge in [-0.25, -0.2) is 9.97 Å². The number of aromatic nitrogens is 2. The second kappa shape index (κ2) is 10.7. The number of likely N-dealkylation sites (tertiary alicyclic amines) is 1. The van der Waals surface area contributed by atoms with Crippen LogP contribution in [0.3, 0.4) is 0 Å². The SMILES string of the molecule is CCc1cc(NC(=O)C(=O)N2C[C@@H](C)CC[C@@H]2c2ccc3sc(C4CN(C)CCO4)nc3c2)cnc1N. The molecule has 3 aromatic rings. The van der Waals surface area contributed by atoms with Crippen molar-refractivity contribution in [3.8, 4) is 0 Å². The maximum Gasteiger partial charge on any atom is 0.313 e. The molecule has 2 aromatic heterocycles. The number of nitrogens with one attached hydrogen (secondary N) is 1. The molecule has 10 heteroatoms. The van der Waals surface area contributed by atoms with E-state index < -0.39 is 11.8 Å². The summed E-state index contributed by atoms with van der Waals surface area (Å²) in [7, 11) is 2.10. The van der Waals surface area contributed by atoms with E-state index in [1.807, 2.05) is 6.92 Å². The number of aryl methyl sites for hydroxylation is 1. The summed E-state index contributed by atoms with van der Waals surface area (Å²) in [6, 6.07) is 7.79. The molecule has 0 spiro atoms. The number of benzene rings is 1. The van der Waals surface area contributed by atoms with E-state index in [0.717, 1.165) is 52.3 Å². The van der Waals surface area contributed by atoms with E-state index in [0.29, 0.717) is 37.0 Å². The van der Waals surface area contributed by atoms with Gasteiger partial charge < -0.3 is 25.6 Å². The number of nitrogens with zero attached hydrogens (tertiary/aromatic N) is 4. The van der Waals surface area contributed by atoms with Gasteiger partial charge in [-0.15, -0.1) is 11.3 Å². The van der Waals surface area contributed by atoms with Crippen LogP contribution in [-0.2, 0) is 20.7 Å². The van der Waals surface area contributed by atoms with Gasteiger partial charge in [0.05, 0.1) is 34.7 Å². The number of pyridine rings is 1. The molecule has 3 N–H and O–H groups in total. The topological polar surface area (TPSA) is 114 Å². The Labute approximate surface area is 221 Å². The molecule has 1 aromatic carbocycles. The highest BCUT2D eigenvalue weighted by Gasteiger charge is 2.34. The first kappa shape index (κ1) is 25.6. The van der Waals surface area contributed by atoms with Crippen LogP contribution < -0.4 is 11.1 Å². The van der Waals surface area contributed by atoms with Gasteiger partial charge in [0.1, 0.15) is 16.9 Å². The molecular weight excluding hydrogens is 488 g/mol. The zero-order chi connectivity index (χ0) is 26.1. The van der Waals surface area contributed by atoms with Crippen molar-refractivity contribution in [3.05, 3.63) is 46.6 Å². The molecule has 0 saturated carbocycles. The first-order chi connectivity index (χ1) is 17.8. The third kappa shape index (κ3) is 5.46. The summed E-state index contributed by atoms with van der Waals surface area (Å²) in [4.78, 5) is 39.4. The van der Waals surface area contributed by atoms with Gasteiger partial charge in [-0.05, 0) is 61.6 Å². The molecule has 4 heterocycles. The molecule has 5 rings (SSSR count). The van der Waals surface area contributed by atoms with Gasteiger partial charge in [0, 0.05) is 19.6 Å². The van der Waals surface area contributed by atoms with E-state index in [1.54, 1.807) is 22.3 Å². The number of nitrogens with two attached hydrogens (primary N) is 1. The molecule has 0 aliphatic carbocycles. The molecule has 0 radical (unpaired) electrons. The Morgan fingerprint density at radius 2 is 2.08 bits per heavy atom. The molecule has 3 atom stereocenters. The van der Waals surface area contributed by atoms with E-state index in [9.17, 15) is 9.59 Å². The van der Waals surface area contributed by atoms with E-state index >= 15 is 0 Å². The molecule has 2 aliphatic rings. The van der Waals surface area contributed by atoms with Crippen molar-refractivity contribution in [2.75, 3.05) is 44.3 Å². The molecule has 196 valence electrons. The van der Waals surface area contributed by atoms with Crippen LogP contribution >= 0.6 is 11.3 Å². The number of carbonyl (C=O) groups excluding carboxylic acids is 2. The number of thiazole rings is 1. The summed E-state index contributed by atoms with van der Waals surface area (Å²) < 4.78 is 7.06. The lowest BCUT2D eigenvalue weighted by molar-refractivity contribution is -0.146. The normalized spacial score (nSPS) is 22.8. The molecule has 0 bridgehead atoms. The van der Waals surface area contributed by atoms with Crippen LogP contribution in [0, 0.1) is 5.92 Å². The number of hydrogen-bond acceptors (Lipinski definition) is 8. The van der Waals surface area contributed by atoms with Crippen molar-refractivity contribution in [2.24, 2.45) is 5.92 Å². The van der Waals surface area contributed by atoms with Crippen molar-refractivity contribution in [1.82, 2.24) is 19.8 Å². The Morgan fingerprint density at radius 1 is 1.24 bits per heavy atom. The number of nitrogen functional groups attached to an aromatic ring is 1. The van der Waals surface area contributed by atoms with Gasteiger partial charge in [0.25, 0.3) is 0 Å². The summed E-state index contributed by atoms with van der Waals surface area (Å²) >= 11 is 1.66. The maximum absolute atomic E-state index is 13.4. The van der Waals surface area contributed by atoms with Crippen molar-refractivity contribution in [1.29, 1.82) is 0 Å². The fourth-order valence-corrected chi connectivity index (χ4v) is 6.13. The molecule has 2 fully saturated rings.